The predicted molar refractivity (Wildman–Crippen MR) is 113 cm³/mol. The van der Waals surface area contributed by atoms with E-state index in [1.165, 1.54) is 0 Å². The zero-order valence-corrected chi connectivity index (χ0v) is 17.1. The fourth-order valence-corrected chi connectivity index (χ4v) is 3.60. The van der Waals surface area contributed by atoms with Crippen molar-refractivity contribution in [2.75, 3.05) is 13.2 Å². The molecular weight excluding hydrogens is 388 g/mol. The van der Waals surface area contributed by atoms with Crippen LogP contribution in [0.3, 0.4) is 0 Å². The number of para-hydroxylation sites is 1. The van der Waals surface area contributed by atoms with Crippen molar-refractivity contribution in [2.24, 2.45) is 0 Å². The summed E-state index contributed by atoms with van der Waals surface area (Å²) in [6.45, 7) is 4.39. The second-order valence-electron chi connectivity index (χ2n) is 6.50. The van der Waals surface area contributed by atoms with Gasteiger partial charge in [-0.25, -0.2) is 0 Å². The summed E-state index contributed by atoms with van der Waals surface area (Å²) in [5.41, 5.74) is 2.80. The first kappa shape index (κ1) is 20.7. The number of carbonyl (C=O) groups excluding carboxylic acids is 3. The van der Waals surface area contributed by atoms with Crippen LogP contribution in [0.15, 0.2) is 53.4 Å². The van der Waals surface area contributed by atoms with Gasteiger partial charge in [-0.1, -0.05) is 48.0 Å². The molecular formula is C22H22N2O4S. The first-order valence-electron chi connectivity index (χ1n) is 9.27. The van der Waals surface area contributed by atoms with Crippen molar-refractivity contribution in [1.82, 2.24) is 10.2 Å². The minimum absolute atomic E-state index is 0.272. The lowest BCUT2D eigenvalue weighted by molar-refractivity contribution is -0.129. The Morgan fingerprint density at radius 1 is 1.14 bits per heavy atom. The maximum Gasteiger partial charge on any atom is 0.294 e. The molecule has 0 aromatic heterocycles. The Kier molecular flexibility index (Phi) is 6.72. The molecule has 0 bridgehead atoms. The van der Waals surface area contributed by atoms with E-state index >= 15 is 0 Å². The van der Waals surface area contributed by atoms with Gasteiger partial charge in [-0.15, -0.1) is 0 Å². The monoisotopic (exact) mass is 410 g/mol. The van der Waals surface area contributed by atoms with Gasteiger partial charge in [0.15, 0.2) is 0 Å². The Bertz CT molecular complexity index is 954. The fraction of sp³-hybridized carbons (Fsp3) is 0.227. The van der Waals surface area contributed by atoms with E-state index in [4.69, 9.17) is 4.74 Å². The number of hydrogen-bond donors (Lipinski definition) is 1. The van der Waals surface area contributed by atoms with Gasteiger partial charge in [-0.05, 0) is 43.3 Å². The van der Waals surface area contributed by atoms with E-state index in [1.807, 2.05) is 56.3 Å². The highest BCUT2D eigenvalue weighted by Gasteiger charge is 2.36. The number of rotatable bonds is 7. The van der Waals surface area contributed by atoms with Gasteiger partial charge < -0.3 is 10.1 Å². The number of aryl methyl sites for hydroxylation is 1. The Balaban J connectivity index is 1.64. The Labute approximate surface area is 173 Å². The smallest absolute Gasteiger partial charge is 0.294 e. The first-order chi connectivity index (χ1) is 14.0. The summed E-state index contributed by atoms with van der Waals surface area (Å²) < 4.78 is 5.55. The molecule has 2 aromatic rings. The molecule has 1 aliphatic heterocycles. The van der Waals surface area contributed by atoms with Crippen LogP contribution in [-0.2, 0) is 16.1 Å². The van der Waals surface area contributed by atoms with Crippen LogP contribution in [0.25, 0.3) is 6.08 Å². The second kappa shape index (κ2) is 9.43. The lowest BCUT2D eigenvalue weighted by atomic mass is 10.1. The molecule has 1 fully saturated rings. The van der Waals surface area contributed by atoms with Gasteiger partial charge in [-0.3, -0.25) is 19.3 Å². The van der Waals surface area contributed by atoms with Crippen molar-refractivity contribution in [3.05, 3.63) is 70.1 Å². The minimum Gasteiger partial charge on any atom is -0.493 e. The SMILES string of the molecule is CCOc1ccccc1/C=C1\SC(=O)N(CC(=O)NCc2ccc(C)cc2)C1=O. The summed E-state index contributed by atoms with van der Waals surface area (Å²) in [6, 6.07) is 15.1. The zero-order valence-electron chi connectivity index (χ0n) is 16.3. The van der Waals surface area contributed by atoms with E-state index in [2.05, 4.69) is 5.32 Å². The number of hydrogen-bond acceptors (Lipinski definition) is 5. The Morgan fingerprint density at radius 3 is 2.59 bits per heavy atom. The number of ether oxygens (including phenoxy) is 1. The molecule has 150 valence electrons. The summed E-state index contributed by atoms with van der Waals surface area (Å²) in [4.78, 5) is 38.4. The van der Waals surface area contributed by atoms with Gasteiger partial charge in [-0.2, -0.15) is 0 Å². The van der Waals surface area contributed by atoms with E-state index in [1.54, 1.807) is 12.1 Å². The van der Waals surface area contributed by atoms with Crippen LogP contribution in [0.1, 0.15) is 23.6 Å². The number of amides is 3. The van der Waals surface area contributed by atoms with Gasteiger partial charge in [0.1, 0.15) is 12.3 Å². The molecule has 1 heterocycles. The van der Waals surface area contributed by atoms with E-state index < -0.39 is 11.1 Å². The maximum absolute atomic E-state index is 12.6. The molecule has 1 saturated heterocycles. The highest BCUT2D eigenvalue weighted by molar-refractivity contribution is 8.18. The molecule has 29 heavy (non-hydrogen) atoms. The highest BCUT2D eigenvalue weighted by atomic mass is 32.2. The van der Waals surface area contributed by atoms with Crippen molar-refractivity contribution in [3.63, 3.8) is 0 Å². The molecule has 2 aromatic carbocycles. The van der Waals surface area contributed by atoms with Crippen LogP contribution in [0.5, 0.6) is 5.75 Å². The lowest BCUT2D eigenvalue weighted by Gasteiger charge is -2.12. The van der Waals surface area contributed by atoms with E-state index in [-0.39, 0.29) is 17.4 Å². The van der Waals surface area contributed by atoms with Crippen molar-refractivity contribution < 1.29 is 19.1 Å². The molecule has 0 spiro atoms. The molecule has 6 nitrogen and oxygen atoms in total. The molecule has 0 unspecified atom stereocenters. The number of carbonyl (C=O) groups is 3. The largest absolute Gasteiger partial charge is 0.493 e. The molecule has 3 rings (SSSR count). The average molecular weight is 410 g/mol. The fourth-order valence-electron chi connectivity index (χ4n) is 2.77. The van der Waals surface area contributed by atoms with Crippen LogP contribution in [0.2, 0.25) is 0 Å². The van der Waals surface area contributed by atoms with Crippen LogP contribution in [-0.4, -0.2) is 35.1 Å². The van der Waals surface area contributed by atoms with E-state index in [0.29, 0.717) is 24.5 Å². The van der Waals surface area contributed by atoms with E-state index in [0.717, 1.165) is 27.8 Å². The normalized spacial score (nSPS) is 15.1. The Hall–Kier alpha value is -3.06. The Morgan fingerprint density at radius 2 is 1.86 bits per heavy atom. The summed E-state index contributed by atoms with van der Waals surface area (Å²) in [6.07, 6.45) is 1.63. The van der Waals surface area contributed by atoms with Crippen LogP contribution in [0, 0.1) is 6.92 Å². The van der Waals surface area contributed by atoms with Crippen LogP contribution < -0.4 is 10.1 Å². The molecule has 3 amide bonds. The van der Waals surface area contributed by atoms with Crippen molar-refractivity contribution in [3.8, 4) is 5.75 Å². The topological polar surface area (TPSA) is 75.7 Å². The zero-order chi connectivity index (χ0) is 20.8. The van der Waals surface area contributed by atoms with Gasteiger partial charge in [0, 0.05) is 12.1 Å². The molecule has 0 aliphatic carbocycles. The quantitative estimate of drug-likeness (QED) is 0.704. The molecule has 0 saturated carbocycles. The van der Waals surface area contributed by atoms with Gasteiger partial charge in [0.2, 0.25) is 5.91 Å². The van der Waals surface area contributed by atoms with Gasteiger partial charge >= 0.3 is 0 Å². The summed E-state index contributed by atoms with van der Waals surface area (Å²) in [5, 5.41) is 2.29. The predicted octanol–water partition coefficient (Wildman–Crippen LogP) is 3.75. The van der Waals surface area contributed by atoms with Crippen molar-refractivity contribution in [1.29, 1.82) is 0 Å². The second-order valence-corrected chi connectivity index (χ2v) is 7.49. The third-order valence-corrected chi connectivity index (χ3v) is 5.20. The molecule has 0 atom stereocenters. The summed E-state index contributed by atoms with van der Waals surface area (Å²) in [5.74, 6) is -0.224. The molecule has 7 heteroatoms. The third kappa shape index (κ3) is 5.26. The van der Waals surface area contributed by atoms with E-state index in [9.17, 15) is 14.4 Å². The summed E-state index contributed by atoms with van der Waals surface area (Å²) in [7, 11) is 0. The number of nitrogens with one attached hydrogen (secondary N) is 1. The minimum atomic E-state index is -0.475. The molecule has 1 aliphatic rings. The third-order valence-electron chi connectivity index (χ3n) is 4.29. The number of thioether (sulfide) groups is 1. The van der Waals surface area contributed by atoms with Crippen LogP contribution >= 0.6 is 11.8 Å². The first-order valence-corrected chi connectivity index (χ1v) is 10.1. The molecule has 1 N–H and O–H groups in total. The maximum atomic E-state index is 12.6. The van der Waals surface area contributed by atoms with Gasteiger partial charge in [0.25, 0.3) is 11.1 Å². The van der Waals surface area contributed by atoms with Crippen molar-refractivity contribution in [2.45, 2.75) is 20.4 Å². The van der Waals surface area contributed by atoms with Crippen LogP contribution in [0.4, 0.5) is 4.79 Å². The lowest BCUT2D eigenvalue weighted by Crippen LogP contribution is -2.39. The average Bonchev–Trinajstić information content (AvgIpc) is 2.96. The highest BCUT2D eigenvalue weighted by Crippen LogP contribution is 2.33. The summed E-state index contributed by atoms with van der Waals surface area (Å²) >= 11 is 0.824. The molecule has 0 radical (unpaired) electrons. The number of imide groups is 1. The van der Waals surface area contributed by atoms with Crippen molar-refractivity contribution >= 4 is 34.9 Å². The standard InChI is InChI=1S/C22H22N2O4S/c1-3-28-18-7-5-4-6-17(18)12-19-21(26)24(22(27)29-19)14-20(25)23-13-16-10-8-15(2)9-11-16/h4-12H,3,13-14H2,1-2H3,(H,23,25)/b19-12-. The van der Waals surface area contributed by atoms with Gasteiger partial charge in [0.05, 0.1) is 11.5 Å². The number of nitrogens with zero attached hydrogens (tertiary/aromatic N) is 1. The number of benzene rings is 2.